The van der Waals surface area contributed by atoms with Gasteiger partial charge in [-0.25, -0.2) is 0 Å². The second-order valence-corrected chi connectivity index (χ2v) is 6.45. The lowest BCUT2D eigenvalue weighted by atomic mass is 10.0. The van der Waals surface area contributed by atoms with Gasteiger partial charge >= 0.3 is 0 Å². The van der Waals surface area contributed by atoms with Crippen molar-refractivity contribution in [2.75, 3.05) is 13.1 Å². The van der Waals surface area contributed by atoms with E-state index in [2.05, 4.69) is 36.9 Å². The number of nitrogens with zero attached hydrogens (tertiary/aromatic N) is 1. The molecule has 0 radical (unpaired) electrons. The van der Waals surface area contributed by atoms with Crippen LogP contribution >= 0.6 is 12.4 Å². The first-order valence-electron chi connectivity index (χ1n) is 7.33. The molecule has 20 heavy (non-hydrogen) atoms. The van der Waals surface area contributed by atoms with Crippen LogP contribution in [0.1, 0.15) is 37.8 Å². The average molecular weight is 297 g/mol. The summed E-state index contributed by atoms with van der Waals surface area (Å²) in [4.78, 5) is 2.50. The van der Waals surface area contributed by atoms with Crippen molar-refractivity contribution in [3.8, 4) is 5.75 Å². The average Bonchev–Trinajstić information content (AvgIpc) is 2.92. The van der Waals surface area contributed by atoms with Crippen molar-refractivity contribution in [3.63, 3.8) is 0 Å². The second-order valence-electron chi connectivity index (χ2n) is 6.45. The van der Waals surface area contributed by atoms with E-state index in [4.69, 9.17) is 10.5 Å². The number of para-hydroxylation sites is 1. The Balaban J connectivity index is 0.00000147. The number of fused-ring (bicyclic) bond motifs is 1. The first-order valence-corrected chi connectivity index (χ1v) is 7.33. The number of hydrogen-bond acceptors (Lipinski definition) is 3. The first kappa shape index (κ1) is 15.6. The van der Waals surface area contributed by atoms with Gasteiger partial charge < -0.3 is 10.5 Å². The highest BCUT2D eigenvalue weighted by atomic mass is 35.5. The fraction of sp³-hybridized carbons (Fsp3) is 0.625. The SMILES string of the molecule is CC1(C)Cc2cccc(CN3CCCC3CN)c2O1.Cl. The predicted molar refractivity (Wildman–Crippen MR) is 84.6 cm³/mol. The molecule has 2 N–H and O–H groups in total. The maximum Gasteiger partial charge on any atom is 0.127 e. The molecule has 1 atom stereocenters. The topological polar surface area (TPSA) is 38.5 Å². The van der Waals surface area contributed by atoms with Crippen molar-refractivity contribution in [1.82, 2.24) is 4.90 Å². The van der Waals surface area contributed by atoms with Crippen molar-refractivity contribution >= 4 is 12.4 Å². The molecule has 1 unspecified atom stereocenters. The van der Waals surface area contributed by atoms with E-state index >= 15 is 0 Å². The second kappa shape index (κ2) is 5.92. The van der Waals surface area contributed by atoms with Crippen LogP contribution in [0.5, 0.6) is 5.75 Å². The van der Waals surface area contributed by atoms with E-state index < -0.39 is 0 Å². The molecule has 3 rings (SSSR count). The molecule has 112 valence electrons. The molecule has 1 fully saturated rings. The van der Waals surface area contributed by atoms with E-state index in [0.717, 1.165) is 31.8 Å². The third kappa shape index (κ3) is 2.95. The van der Waals surface area contributed by atoms with Gasteiger partial charge in [-0.1, -0.05) is 18.2 Å². The molecule has 0 bridgehead atoms. The number of nitrogens with two attached hydrogens (primary N) is 1. The van der Waals surface area contributed by atoms with Gasteiger partial charge in [0.05, 0.1) is 0 Å². The van der Waals surface area contributed by atoms with Gasteiger partial charge in [0.15, 0.2) is 0 Å². The summed E-state index contributed by atoms with van der Waals surface area (Å²) in [5.41, 5.74) is 8.48. The summed E-state index contributed by atoms with van der Waals surface area (Å²) >= 11 is 0. The van der Waals surface area contributed by atoms with E-state index in [1.54, 1.807) is 0 Å². The van der Waals surface area contributed by atoms with Gasteiger partial charge in [0, 0.05) is 31.1 Å². The zero-order valence-corrected chi connectivity index (χ0v) is 13.2. The third-order valence-electron chi connectivity index (χ3n) is 4.32. The molecule has 2 aliphatic rings. The lowest BCUT2D eigenvalue weighted by molar-refractivity contribution is 0.135. The van der Waals surface area contributed by atoms with Gasteiger partial charge in [-0.2, -0.15) is 0 Å². The molecule has 1 aromatic rings. The lowest BCUT2D eigenvalue weighted by Crippen LogP contribution is -2.35. The van der Waals surface area contributed by atoms with E-state index in [1.807, 2.05) is 0 Å². The molecule has 0 saturated carbocycles. The maximum atomic E-state index is 6.15. The molecule has 2 heterocycles. The Morgan fingerprint density at radius 2 is 2.20 bits per heavy atom. The number of ether oxygens (including phenoxy) is 1. The molecular formula is C16H25ClN2O. The molecule has 0 aromatic heterocycles. The highest BCUT2D eigenvalue weighted by Crippen LogP contribution is 2.38. The van der Waals surface area contributed by atoms with Crippen LogP contribution in [0.2, 0.25) is 0 Å². The summed E-state index contributed by atoms with van der Waals surface area (Å²) in [5.74, 6) is 1.12. The van der Waals surface area contributed by atoms with Gasteiger partial charge in [-0.05, 0) is 38.8 Å². The highest BCUT2D eigenvalue weighted by Gasteiger charge is 2.32. The van der Waals surface area contributed by atoms with Crippen molar-refractivity contribution in [2.45, 2.75) is 51.3 Å². The Morgan fingerprint density at radius 1 is 1.40 bits per heavy atom. The smallest absolute Gasteiger partial charge is 0.127 e. The molecule has 1 aromatic carbocycles. The highest BCUT2D eigenvalue weighted by molar-refractivity contribution is 5.85. The number of halogens is 1. The molecule has 0 aliphatic carbocycles. The van der Waals surface area contributed by atoms with Crippen LogP contribution in [0.4, 0.5) is 0 Å². The minimum absolute atomic E-state index is 0. The van der Waals surface area contributed by atoms with Crippen LogP contribution in [-0.4, -0.2) is 29.6 Å². The maximum absolute atomic E-state index is 6.15. The predicted octanol–water partition coefficient (Wildman–Crippen LogP) is 2.75. The standard InChI is InChI=1S/C16H24N2O.ClH/c1-16(2)9-12-5-3-6-13(15(12)19-16)11-18-8-4-7-14(18)10-17;/h3,5-6,14H,4,7-11,17H2,1-2H3;1H. The van der Waals surface area contributed by atoms with Crippen LogP contribution in [0.15, 0.2) is 18.2 Å². The Hall–Kier alpha value is -0.770. The molecule has 0 spiro atoms. The van der Waals surface area contributed by atoms with Crippen LogP contribution in [-0.2, 0) is 13.0 Å². The number of rotatable bonds is 3. The normalized spacial score (nSPS) is 24.1. The van der Waals surface area contributed by atoms with Crippen molar-refractivity contribution in [2.24, 2.45) is 5.73 Å². The minimum atomic E-state index is -0.0588. The van der Waals surface area contributed by atoms with Gasteiger partial charge in [-0.15, -0.1) is 12.4 Å². The summed E-state index contributed by atoms with van der Waals surface area (Å²) in [6.07, 6.45) is 3.51. The molecule has 1 saturated heterocycles. The Morgan fingerprint density at radius 3 is 2.95 bits per heavy atom. The number of likely N-dealkylation sites (tertiary alicyclic amines) is 1. The Bertz CT molecular complexity index is 476. The van der Waals surface area contributed by atoms with Gasteiger partial charge in [-0.3, -0.25) is 4.90 Å². The molecule has 2 aliphatic heterocycles. The summed E-state index contributed by atoms with van der Waals surface area (Å²) in [5, 5.41) is 0. The van der Waals surface area contributed by atoms with E-state index in [9.17, 15) is 0 Å². The molecule has 0 amide bonds. The Labute approximate surface area is 127 Å². The zero-order chi connectivity index (χ0) is 13.5. The van der Waals surface area contributed by atoms with Gasteiger partial charge in [0.2, 0.25) is 0 Å². The molecule has 3 nitrogen and oxygen atoms in total. The summed E-state index contributed by atoms with van der Waals surface area (Å²) < 4.78 is 6.15. The zero-order valence-electron chi connectivity index (χ0n) is 12.4. The van der Waals surface area contributed by atoms with Crippen LogP contribution in [0.3, 0.4) is 0 Å². The van der Waals surface area contributed by atoms with E-state index in [1.165, 1.54) is 24.0 Å². The van der Waals surface area contributed by atoms with Crippen LogP contribution in [0.25, 0.3) is 0 Å². The van der Waals surface area contributed by atoms with Crippen molar-refractivity contribution in [3.05, 3.63) is 29.3 Å². The fourth-order valence-corrected chi connectivity index (χ4v) is 3.39. The fourth-order valence-electron chi connectivity index (χ4n) is 3.39. The van der Waals surface area contributed by atoms with E-state index in [0.29, 0.717) is 6.04 Å². The molecule has 4 heteroatoms. The quantitative estimate of drug-likeness (QED) is 0.932. The number of benzene rings is 1. The first-order chi connectivity index (χ1) is 9.09. The molecular weight excluding hydrogens is 272 g/mol. The summed E-state index contributed by atoms with van der Waals surface area (Å²) in [6, 6.07) is 7.10. The number of hydrogen-bond donors (Lipinski definition) is 1. The Kier molecular flexibility index (Phi) is 4.62. The summed E-state index contributed by atoms with van der Waals surface area (Å²) in [6.45, 7) is 7.22. The van der Waals surface area contributed by atoms with E-state index in [-0.39, 0.29) is 18.0 Å². The van der Waals surface area contributed by atoms with Crippen molar-refractivity contribution in [1.29, 1.82) is 0 Å². The largest absolute Gasteiger partial charge is 0.487 e. The summed E-state index contributed by atoms with van der Waals surface area (Å²) in [7, 11) is 0. The third-order valence-corrected chi connectivity index (χ3v) is 4.32. The monoisotopic (exact) mass is 296 g/mol. The van der Waals surface area contributed by atoms with Crippen LogP contribution in [0, 0.1) is 0 Å². The van der Waals surface area contributed by atoms with Gasteiger partial charge in [0.1, 0.15) is 11.4 Å². The van der Waals surface area contributed by atoms with Gasteiger partial charge in [0.25, 0.3) is 0 Å². The minimum Gasteiger partial charge on any atom is -0.487 e. The lowest BCUT2D eigenvalue weighted by Gasteiger charge is -2.24. The van der Waals surface area contributed by atoms with Crippen molar-refractivity contribution < 1.29 is 4.74 Å². The van der Waals surface area contributed by atoms with Crippen LogP contribution < -0.4 is 10.5 Å².